The van der Waals surface area contributed by atoms with E-state index in [1.165, 1.54) is 235 Å². The van der Waals surface area contributed by atoms with Gasteiger partial charge in [0.15, 0.2) is 27.9 Å². The first-order chi connectivity index (χ1) is 65.9. The van der Waals surface area contributed by atoms with Gasteiger partial charge in [-0.05, 0) is 198 Å². The number of benzene rings is 5. The number of rotatable bonds is 3. The van der Waals surface area contributed by atoms with Crippen molar-refractivity contribution >= 4 is 83.9 Å². The van der Waals surface area contributed by atoms with Crippen LogP contribution < -0.4 is 24.5 Å². The van der Waals surface area contributed by atoms with Crippen LogP contribution in [0.4, 0.5) is 28.4 Å². The van der Waals surface area contributed by atoms with Gasteiger partial charge in [-0.25, -0.2) is 0 Å². The van der Waals surface area contributed by atoms with Gasteiger partial charge in [0, 0.05) is 165 Å². The molecule has 17 heterocycles. The number of hydrogen-bond donors (Lipinski definition) is 0. The monoisotopic (exact) mass is 1850 g/mol. The lowest BCUT2D eigenvalue weighted by atomic mass is 9.47. The summed E-state index contributed by atoms with van der Waals surface area (Å²) >= 11 is 0. The molecule has 2 atom stereocenters. The second-order valence-electron chi connectivity index (χ2n) is 43.4. The molecule has 15 heteroatoms. The Kier molecular flexibility index (Phi) is 25.0. The number of para-hydroxylation sites is 5. The zero-order valence-corrected chi connectivity index (χ0v) is 88.9. The van der Waals surface area contributed by atoms with Crippen molar-refractivity contribution in [3.05, 3.63) is 266 Å². The van der Waals surface area contributed by atoms with Gasteiger partial charge in [0.1, 0.15) is 0 Å². The third kappa shape index (κ3) is 13.2. The number of aromatic nitrogens is 5. The van der Waals surface area contributed by atoms with E-state index in [-0.39, 0.29) is 49.4 Å². The molecule has 0 amide bonds. The van der Waals surface area contributed by atoms with Gasteiger partial charge in [0.05, 0.1) is 115 Å². The molecule has 5 aromatic carbocycles. The molecule has 3 spiro atoms. The molecular formula is C122H160N10O5. The highest BCUT2D eigenvalue weighted by atomic mass is 16.3. The Morgan fingerprint density at radius 1 is 0.270 bits per heavy atom. The maximum absolute atomic E-state index is 6.03. The van der Waals surface area contributed by atoms with Crippen LogP contribution in [0.25, 0.3) is 55.5 Å². The van der Waals surface area contributed by atoms with Gasteiger partial charge in [0.2, 0.25) is 0 Å². The van der Waals surface area contributed by atoms with E-state index in [4.69, 9.17) is 22.1 Å². The number of fused-ring (bicyclic) bond motifs is 25. The summed E-state index contributed by atoms with van der Waals surface area (Å²) in [6.07, 6.45) is 27.9. The van der Waals surface area contributed by atoms with Crippen molar-refractivity contribution in [3.8, 4) is 0 Å². The minimum atomic E-state index is -0.0960. The SMILES string of the molecule is CC.CC.CC.CC.CC.Cc1cccc2c1N1Cc3c(n(C)c4ccoc34)C1(C)C(C)(C)C2(C)C.Cc1cccc2c1N1Cc3c(n(C)c4ccoc34)C1(C)C(C)(C)C2(C)C.Cc1ccccc1N1Cc2c(n(C)c3ccoc23)C12C1CC3CC(C1)CC2C3.Cc1ccccc1N1Cc2c(n(C)c3ccoc23)C12CCCC2.Cc1ccccc1N1Cc2c(n(C)c3ccoc23)C12CCCCC2. The Morgan fingerprint density at radius 3 is 0.861 bits per heavy atom. The minimum Gasteiger partial charge on any atom is -0.462 e. The molecule has 6 aliphatic carbocycles. The van der Waals surface area contributed by atoms with Crippen molar-refractivity contribution in [2.45, 2.75) is 334 Å². The maximum Gasteiger partial charge on any atom is 0.157 e. The molecule has 6 fully saturated rings. The van der Waals surface area contributed by atoms with Crippen LogP contribution >= 0.6 is 0 Å². The smallest absolute Gasteiger partial charge is 0.157 e. The Morgan fingerprint density at radius 2 is 0.533 bits per heavy atom. The maximum atomic E-state index is 6.03. The number of anilines is 5. The molecule has 728 valence electrons. The summed E-state index contributed by atoms with van der Waals surface area (Å²) in [6, 6.07) is 50.8. The molecule has 6 saturated carbocycles. The Balaban J connectivity index is 0.000000111. The molecule has 0 saturated heterocycles. The molecule has 15 aromatic rings. The van der Waals surface area contributed by atoms with Gasteiger partial charge in [-0.2, -0.15) is 0 Å². The van der Waals surface area contributed by atoms with Crippen LogP contribution in [0.1, 0.15) is 324 Å². The predicted molar refractivity (Wildman–Crippen MR) is 571 cm³/mol. The van der Waals surface area contributed by atoms with Gasteiger partial charge in [-0.3, -0.25) is 0 Å². The molecule has 137 heavy (non-hydrogen) atoms. The molecule has 15 nitrogen and oxygen atoms in total. The van der Waals surface area contributed by atoms with Crippen LogP contribution in [0.5, 0.6) is 0 Å². The molecule has 0 N–H and O–H groups in total. The molecule has 4 bridgehead atoms. The summed E-state index contributed by atoms with van der Waals surface area (Å²) in [5, 5.41) is 0. The second kappa shape index (κ2) is 35.5. The lowest BCUT2D eigenvalue weighted by Gasteiger charge is -2.63. The summed E-state index contributed by atoms with van der Waals surface area (Å²) in [5.74, 6) is 3.50. The normalized spacial score (nSPS) is 23.6. The van der Waals surface area contributed by atoms with Crippen LogP contribution in [0.3, 0.4) is 0 Å². The molecule has 13 aliphatic rings. The van der Waals surface area contributed by atoms with Crippen molar-refractivity contribution in [2.75, 3.05) is 24.5 Å². The standard InChI is InChI=1S/C25H28N2O.2C23H28N2O.C21H24N2O.C20H22N2O.5C2H6/c1-15-5-3-4-6-21(15)27-14-20-23-22(7-8-28-23)26(2)24(20)25(27)18-10-16-9-17(12-18)13-19(25)11-16;2*1-14-9-8-10-16-18(14)25-13-15-19-17(11-12-26-19)24(7)20(15)23(25,6)22(4,5)21(16,2)3;1-15-8-4-5-9-17(15)23-14-16-19-18(10-13-24-19)22(2)20(16)21(23)11-6-3-7-12-21;1-14-7-3-4-8-16(14)22-13-15-18-17(9-12-23-18)21(2)19(15)20(22)10-5-6-11-20;5*1-2/h3-8,16-19H,9-14H2,1-2H3;2*8-12H,13H2,1-7H3;4-5,8-10,13H,3,6-7,11-12,14H2,1-2H3;3-4,7-9,12H,5-6,10-11,13H2,1-2H3;5*1-2H3. The van der Waals surface area contributed by atoms with Crippen LogP contribution in [-0.2, 0) is 106 Å². The fourth-order valence-corrected chi connectivity index (χ4v) is 30.1. The van der Waals surface area contributed by atoms with E-state index < -0.39 is 0 Å². The fourth-order valence-electron chi connectivity index (χ4n) is 30.1. The topological polar surface area (TPSA) is 107 Å². The first kappa shape index (κ1) is 96.5. The van der Waals surface area contributed by atoms with Gasteiger partial charge >= 0.3 is 0 Å². The predicted octanol–water partition coefficient (Wildman–Crippen LogP) is 32.3. The molecule has 0 radical (unpaired) electrons. The fraction of sp³-hybridized carbons (Fsp3) is 0.508. The number of nitrogens with zero attached hydrogens (tertiary/aromatic N) is 10. The number of aryl methyl sites for hydroxylation is 10. The van der Waals surface area contributed by atoms with Gasteiger partial charge in [0.25, 0.3) is 0 Å². The van der Waals surface area contributed by atoms with Crippen LogP contribution in [0.15, 0.2) is 193 Å². The van der Waals surface area contributed by atoms with E-state index in [0.29, 0.717) is 0 Å². The van der Waals surface area contributed by atoms with Crippen LogP contribution in [-0.4, -0.2) is 22.8 Å². The summed E-state index contributed by atoms with van der Waals surface area (Å²) in [7, 11) is 11.1. The van der Waals surface area contributed by atoms with E-state index in [2.05, 4.69) is 326 Å². The lowest BCUT2D eigenvalue weighted by molar-refractivity contribution is -0.0614. The summed E-state index contributed by atoms with van der Waals surface area (Å²) in [4.78, 5) is 13.4. The molecule has 7 aliphatic heterocycles. The van der Waals surface area contributed by atoms with Crippen LogP contribution in [0, 0.1) is 69.1 Å². The van der Waals surface area contributed by atoms with Crippen molar-refractivity contribution in [1.29, 1.82) is 0 Å². The second-order valence-corrected chi connectivity index (χ2v) is 43.4. The van der Waals surface area contributed by atoms with Crippen molar-refractivity contribution in [3.63, 3.8) is 0 Å². The zero-order valence-electron chi connectivity index (χ0n) is 88.9. The van der Waals surface area contributed by atoms with E-state index in [0.717, 1.165) is 84.3 Å². The third-order valence-corrected chi connectivity index (χ3v) is 37.5. The number of furan rings is 5. The Bertz CT molecular complexity index is 6750. The van der Waals surface area contributed by atoms with Gasteiger partial charge in [-0.1, -0.05) is 248 Å². The lowest BCUT2D eigenvalue weighted by Crippen LogP contribution is -2.62. The third-order valence-electron chi connectivity index (χ3n) is 37.5. The van der Waals surface area contributed by atoms with E-state index in [1.807, 2.05) is 101 Å². The van der Waals surface area contributed by atoms with E-state index >= 15 is 0 Å². The summed E-state index contributed by atoms with van der Waals surface area (Å²) in [5.41, 5.74) is 43.2. The Hall–Kier alpha value is -10.8. The highest BCUT2D eigenvalue weighted by Gasteiger charge is 2.68. The van der Waals surface area contributed by atoms with Gasteiger partial charge < -0.3 is 69.4 Å². The average molecular weight is 1850 g/mol. The highest BCUT2D eigenvalue weighted by molar-refractivity contribution is 5.89. The molecule has 28 rings (SSSR count). The first-order valence-electron chi connectivity index (χ1n) is 52.9. The van der Waals surface area contributed by atoms with Crippen molar-refractivity contribution in [2.24, 2.45) is 69.7 Å². The summed E-state index contributed by atoms with van der Waals surface area (Å²) < 4.78 is 41.6. The van der Waals surface area contributed by atoms with Crippen LogP contribution in [0.2, 0.25) is 0 Å². The molecular weight excluding hydrogens is 1690 g/mol. The number of hydrogen-bond acceptors (Lipinski definition) is 10. The quantitative estimate of drug-likeness (QED) is 0.170. The van der Waals surface area contributed by atoms with Crippen molar-refractivity contribution in [1.82, 2.24) is 22.8 Å². The molecule has 2 unspecified atom stereocenters. The highest BCUT2D eigenvalue weighted by Crippen LogP contribution is 2.71. The average Bonchev–Trinajstić information content (AvgIpc) is 1.55. The van der Waals surface area contributed by atoms with Crippen molar-refractivity contribution < 1.29 is 22.1 Å². The zero-order chi connectivity index (χ0) is 97.8. The molecule has 10 aromatic heterocycles. The first-order valence-corrected chi connectivity index (χ1v) is 52.9. The summed E-state index contributed by atoms with van der Waals surface area (Å²) in [6.45, 7) is 60.3. The van der Waals surface area contributed by atoms with E-state index in [1.54, 1.807) is 5.69 Å². The Labute approximate surface area is 818 Å². The minimum absolute atomic E-state index is 0.0373. The van der Waals surface area contributed by atoms with Gasteiger partial charge in [-0.15, -0.1) is 0 Å². The largest absolute Gasteiger partial charge is 0.462 e. The van der Waals surface area contributed by atoms with E-state index in [9.17, 15) is 0 Å².